The van der Waals surface area contributed by atoms with Crippen LogP contribution in [0.4, 0.5) is 22.0 Å². The summed E-state index contributed by atoms with van der Waals surface area (Å²) in [6.45, 7) is 3.24. The van der Waals surface area contributed by atoms with E-state index in [1.165, 1.54) is 22.9 Å². The summed E-state index contributed by atoms with van der Waals surface area (Å²) in [5.41, 5.74) is 0.770. The SMILES string of the molecule is Cc1nn(CC2=C(OC(F)(F)F)C(C)CC=C2)c2cc(C(F)(F)c3nn[nH]n3)ccc12. The van der Waals surface area contributed by atoms with E-state index in [1.54, 1.807) is 26.0 Å². The average Bonchev–Trinajstić information content (AvgIpc) is 3.33. The molecule has 0 spiro atoms. The number of tetrazole rings is 1. The van der Waals surface area contributed by atoms with Crippen LogP contribution >= 0.6 is 0 Å². The highest BCUT2D eigenvalue weighted by Crippen LogP contribution is 2.36. The van der Waals surface area contributed by atoms with Gasteiger partial charge in [-0.15, -0.1) is 23.4 Å². The summed E-state index contributed by atoms with van der Waals surface area (Å²) in [5.74, 6) is -5.00. The van der Waals surface area contributed by atoms with Crippen LogP contribution in [0.25, 0.3) is 10.9 Å². The minimum Gasteiger partial charge on any atom is -0.410 e. The molecular weight excluding hydrogens is 423 g/mol. The van der Waals surface area contributed by atoms with E-state index in [-0.39, 0.29) is 17.9 Å². The van der Waals surface area contributed by atoms with Crippen LogP contribution in [0.15, 0.2) is 41.7 Å². The topological polar surface area (TPSA) is 81.5 Å². The number of nitrogens with one attached hydrogen (secondary N) is 1. The van der Waals surface area contributed by atoms with Crippen LogP contribution in [-0.4, -0.2) is 36.8 Å². The molecule has 1 aliphatic carbocycles. The summed E-state index contributed by atoms with van der Waals surface area (Å²) >= 11 is 0. The average molecular weight is 440 g/mol. The second-order valence-electron chi connectivity index (χ2n) is 7.26. The Balaban J connectivity index is 1.77. The van der Waals surface area contributed by atoms with Gasteiger partial charge in [0.05, 0.1) is 17.8 Å². The number of aryl methyl sites for hydroxylation is 1. The molecule has 164 valence electrons. The minimum absolute atomic E-state index is 0.0756. The third-order valence-corrected chi connectivity index (χ3v) is 5.04. The molecule has 2 aromatic heterocycles. The van der Waals surface area contributed by atoms with E-state index in [1.807, 2.05) is 5.21 Å². The van der Waals surface area contributed by atoms with Crippen molar-refractivity contribution in [2.45, 2.75) is 39.1 Å². The van der Waals surface area contributed by atoms with Gasteiger partial charge in [-0.05, 0) is 24.6 Å². The van der Waals surface area contributed by atoms with Gasteiger partial charge in [-0.1, -0.05) is 31.2 Å². The molecule has 0 amide bonds. The van der Waals surface area contributed by atoms with Gasteiger partial charge in [-0.25, -0.2) is 0 Å². The van der Waals surface area contributed by atoms with Gasteiger partial charge < -0.3 is 4.74 Å². The van der Waals surface area contributed by atoms with Crippen LogP contribution in [0, 0.1) is 12.8 Å². The first-order chi connectivity index (χ1) is 14.6. The van der Waals surface area contributed by atoms with Crippen LogP contribution in [0.3, 0.4) is 0 Å². The fourth-order valence-electron chi connectivity index (χ4n) is 3.58. The molecule has 1 aromatic carbocycles. The Labute approximate surface area is 172 Å². The van der Waals surface area contributed by atoms with Gasteiger partial charge in [0.15, 0.2) is 0 Å². The minimum atomic E-state index is -4.83. The zero-order valence-corrected chi connectivity index (χ0v) is 16.4. The summed E-state index contributed by atoms with van der Waals surface area (Å²) < 4.78 is 73.9. The molecule has 1 aliphatic rings. The Bertz CT molecular complexity index is 1160. The molecular formula is C19H17F5N6O. The first-order valence-corrected chi connectivity index (χ1v) is 9.31. The number of fused-ring (bicyclic) bond motifs is 1. The van der Waals surface area contributed by atoms with Crippen LogP contribution in [0.2, 0.25) is 0 Å². The van der Waals surface area contributed by atoms with Gasteiger partial charge in [0, 0.05) is 22.4 Å². The summed E-state index contributed by atoms with van der Waals surface area (Å²) in [6, 6.07) is 3.95. The number of aromatic nitrogens is 6. The summed E-state index contributed by atoms with van der Waals surface area (Å²) in [7, 11) is 0. The van der Waals surface area contributed by atoms with E-state index in [2.05, 4.69) is 25.2 Å². The van der Waals surface area contributed by atoms with E-state index in [4.69, 9.17) is 0 Å². The van der Waals surface area contributed by atoms with Crippen molar-refractivity contribution in [1.29, 1.82) is 0 Å². The highest BCUT2D eigenvalue weighted by atomic mass is 19.4. The normalized spacial score (nSPS) is 17.6. The Morgan fingerprint density at radius 3 is 2.68 bits per heavy atom. The Kier molecular flexibility index (Phi) is 5.02. The van der Waals surface area contributed by atoms with Crippen LogP contribution in [0.1, 0.15) is 30.4 Å². The van der Waals surface area contributed by atoms with Gasteiger partial charge >= 0.3 is 12.3 Å². The van der Waals surface area contributed by atoms with Gasteiger partial charge in [0.25, 0.3) is 0 Å². The first-order valence-electron chi connectivity index (χ1n) is 9.31. The lowest BCUT2D eigenvalue weighted by molar-refractivity contribution is -0.309. The molecule has 0 saturated heterocycles. The molecule has 1 N–H and O–H groups in total. The maximum Gasteiger partial charge on any atom is 0.572 e. The molecule has 2 heterocycles. The molecule has 1 unspecified atom stereocenters. The third kappa shape index (κ3) is 4.01. The number of hydrogen-bond donors (Lipinski definition) is 1. The number of alkyl halides is 5. The number of allylic oxidation sites excluding steroid dienone is 4. The summed E-state index contributed by atoms with van der Waals surface area (Å²) in [5, 5.41) is 16.8. The van der Waals surface area contributed by atoms with Crippen molar-refractivity contribution in [3.05, 3.63) is 58.8 Å². The quantitative estimate of drug-likeness (QED) is 0.596. The third-order valence-electron chi connectivity index (χ3n) is 5.04. The van der Waals surface area contributed by atoms with E-state index in [0.29, 0.717) is 23.0 Å². The lowest BCUT2D eigenvalue weighted by Crippen LogP contribution is -2.21. The first kappa shape index (κ1) is 20.9. The van der Waals surface area contributed by atoms with Gasteiger partial charge in [-0.2, -0.15) is 19.1 Å². The molecule has 0 aliphatic heterocycles. The van der Waals surface area contributed by atoms with Gasteiger partial charge in [0.2, 0.25) is 5.82 Å². The molecule has 1 atom stereocenters. The van der Waals surface area contributed by atoms with Crippen molar-refractivity contribution >= 4 is 10.9 Å². The predicted molar refractivity (Wildman–Crippen MR) is 98.7 cm³/mol. The van der Waals surface area contributed by atoms with Crippen molar-refractivity contribution in [3.63, 3.8) is 0 Å². The lowest BCUT2D eigenvalue weighted by Gasteiger charge is -2.23. The molecule has 12 heteroatoms. The van der Waals surface area contributed by atoms with Crippen molar-refractivity contribution < 1.29 is 26.7 Å². The number of halogens is 5. The molecule has 4 rings (SSSR count). The second kappa shape index (κ2) is 7.43. The standard InChI is InChI=1S/C19H17F5N6O/c1-10-4-3-5-12(16(10)31-19(22,23)24)9-30-15-8-13(6-7-14(15)11(2)27-30)18(20,21)17-25-28-29-26-17/h3,5-8,10H,4,9H2,1-2H3,(H,25,26,28,29). The summed E-state index contributed by atoms with van der Waals surface area (Å²) in [4.78, 5) is 0. The molecule has 31 heavy (non-hydrogen) atoms. The fourth-order valence-corrected chi connectivity index (χ4v) is 3.58. The Morgan fingerprint density at radius 1 is 1.23 bits per heavy atom. The zero-order valence-electron chi connectivity index (χ0n) is 16.4. The van der Waals surface area contributed by atoms with E-state index < -0.39 is 29.6 Å². The molecule has 7 nitrogen and oxygen atoms in total. The lowest BCUT2D eigenvalue weighted by atomic mass is 9.95. The zero-order chi connectivity index (χ0) is 22.4. The molecule has 0 saturated carbocycles. The number of benzene rings is 1. The molecule has 0 bridgehead atoms. The highest BCUT2D eigenvalue weighted by molar-refractivity contribution is 5.83. The number of H-pyrrole nitrogens is 1. The Morgan fingerprint density at radius 2 is 2.00 bits per heavy atom. The van der Waals surface area contributed by atoms with E-state index in [9.17, 15) is 22.0 Å². The maximum absolute atomic E-state index is 14.8. The van der Waals surface area contributed by atoms with E-state index in [0.717, 1.165) is 0 Å². The van der Waals surface area contributed by atoms with Crippen LogP contribution < -0.4 is 0 Å². The van der Waals surface area contributed by atoms with Crippen LogP contribution in [-0.2, 0) is 17.2 Å². The van der Waals surface area contributed by atoms with Crippen LogP contribution in [0.5, 0.6) is 0 Å². The predicted octanol–water partition coefficient (Wildman–Crippen LogP) is 4.38. The smallest absolute Gasteiger partial charge is 0.410 e. The summed E-state index contributed by atoms with van der Waals surface area (Å²) in [6.07, 6.45) is -1.14. The number of nitrogens with zero attached hydrogens (tertiary/aromatic N) is 5. The van der Waals surface area contributed by atoms with Gasteiger partial charge in [-0.3, -0.25) is 4.68 Å². The number of hydrogen-bond acceptors (Lipinski definition) is 5. The van der Waals surface area contributed by atoms with Crippen molar-refractivity contribution in [1.82, 2.24) is 30.4 Å². The fraction of sp³-hybridized carbons (Fsp3) is 0.368. The largest absolute Gasteiger partial charge is 0.572 e. The van der Waals surface area contributed by atoms with E-state index >= 15 is 0 Å². The van der Waals surface area contributed by atoms with Crippen molar-refractivity contribution in [3.8, 4) is 0 Å². The van der Waals surface area contributed by atoms with Crippen molar-refractivity contribution in [2.75, 3.05) is 0 Å². The Hall–Kier alpha value is -3.31. The number of aromatic amines is 1. The number of rotatable bonds is 5. The maximum atomic E-state index is 14.8. The molecule has 0 radical (unpaired) electrons. The van der Waals surface area contributed by atoms with Gasteiger partial charge in [0.1, 0.15) is 5.76 Å². The molecule has 0 fully saturated rings. The monoisotopic (exact) mass is 440 g/mol. The highest BCUT2D eigenvalue weighted by Gasteiger charge is 2.39. The van der Waals surface area contributed by atoms with Crippen molar-refractivity contribution in [2.24, 2.45) is 5.92 Å². The second-order valence-corrected chi connectivity index (χ2v) is 7.26. The number of ether oxygens (including phenoxy) is 1. The molecule has 3 aromatic rings.